The molecule has 0 aliphatic heterocycles. The summed E-state index contributed by atoms with van der Waals surface area (Å²) in [5, 5.41) is 12.1. The Morgan fingerprint density at radius 3 is 2.90 bits per heavy atom. The molecule has 0 radical (unpaired) electrons. The number of nitrogens with zero attached hydrogens (tertiary/aromatic N) is 5. The molecule has 20 heavy (non-hydrogen) atoms. The second-order valence-electron chi connectivity index (χ2n) is 4.10. The second kappa shape index (κ2) is 6.56. The van der Waals surface area contributed by atoms with Crippen molar-refractivity contribution in [3.05, 3.63) is 18.1 Å². The minimum atomic E-state index is -0.488. The van der Waals surface area contributed by atoms with E-state index >= 15 is 0 Å². The fraction of sp³-hybridized carbons (Fsp3) is 0.500. The highest BCUT2D eigenvalue weighted by atomic mass is 32.2. The first-order chi connectivity index (χ1) is 9.67. The molecule has 0 bridgehead atoms. The van der Waals surface area contributed by atoms with Crippen molar-refractivity contribution >= 4 is 17.7 Å². The molecule has 8 heteroatoms. The fourth-order valence-electron chi connectivity index (χ4n) is 1.83. The third-order valence-electron chi connectivity index (χ3n) is 2.74. The van der Waals surface area contributed by atoms with E-state index < -0.39 is 5.97 Å². The Kier molecular flexibility index (Phi) is 4.78. The molecule has 0 fully saturated rings. The molecule has 2 heterocycles. The van der Waals surface area contributed by atoms with Crippen molar-refractivity contribution in [1.29, 1.82) is 0 Å². The highest BCUT2D eigenvalue weighted by Gasteiger charge is 2.22. The number of ether oxygens (including phenoxy) is 1. The van der Waals surface area contributed by atoms with Gasteiger partial charge in [-0.15, -0.1) is 5.10 Å². The molecule has 2 aromatic rings. The van der Waals surface area contributed by atoms with Crippen LogP contribution in [0.5, 0.6) is 0 Å². The van der Waals surface area contributed by atoms with Crippen molar-refractivity contribution in [2.75, 3.05) is 18.6 Å². The van der Waals surface area contributed by atoms with Gasteiger partial charge in [0.05, 0.1) is 19.9 Å². The van der Waals surface area contributed by atoms with Crippen LogP contribution in [-0.4, -0.2) is 49.4 Å². The number of hydrogen-bond donors (Lipinski definition) is 0. The molecule has 0 aromatic carbocycles. The van der Waals surface area contributed by atoms with Gasteiger partial charge in [0.2, 0.25) is 0 Å². The molecule has 0 N–H and O–H groups in total. The molecule has 0 aliphatic rings. The highest BCUT2D eigenvalue weighted by Crippen LogP contribution is 2.22. The Morgan fingerprint density at radius 1 is 1.50 bits per heavy atom. The van der Waals surface area contributed by atoms with Gasteiger partial charge in [-0.05, 0) is 5.75 Å². The van der Waals surface area contributed by atoms with Crippen molar-refractivity contribution in [3.63, 3.8) is 0 Å². The van der Waals surface area contributed by atoms with Crippen molar-refractivity contribution in [2.45, 2.75) is 13.5 Å². The van der Waals surface area contributed by atoms with Gasteiger partial charge < -0.3 is 4.74 Å². The van der Waals surface area contributed by atoms with E-state index in [-0.39, 0.29) is 5.69 Å². The molecule has 0 amide bonds. The molecular formula is C12H17N5O2S. The second-order valence-corrected chi connectivity index (χ2v) is 5.49. The zero-order valence-corrected chi connectivity index (χ0v) is 12.6. The monoisotopic (exact) mass is 295 g/mol. The van der Waals surface area contributed by atoms with Crippen LogP contribution in [0.1, 0.15) is 17.4 Å². The van der Waals surface area contributed by atoms with Crippen LogP contribution in [0, 0.1) is 0 Å². The Morgan fingerprint density at radius 2 is 2.30 bits per heavy atom. The maximum absolute atomic E-state index is 11.8. The highest BCUT2D eigenvalue weighted by molar-refractivity contribution is 7.99. The van der Waals surface area contributed by atoms with E-state index in [0.29, 0.717) is 12.2 Å². The summed E-state index contributed by atoms with van der Waals surface area (Å²) >= 11 is 1.81. The minimum Gasteiger partial charge on any atom is -0.464 e. The molecule has 7 nitrogen and oxygen atoms in total. The number of rotatable bonds is 6. The molecule has 0 spiro atoms. The lowest BCUT2D eigenvalue weighted by Gasteiger charge is -2.05. The van der Waals surface area contributed by atoms with Crippen molar-refractivity contribution < 1.29 is 9.53 Å². The molecule has 0 atom stereocenters. The van der Waals surface area contributed by atoms with E-state index in [2.05, 4.69) is 22.3 Å². The largest absolute Gasteiger partial charge is 0.464 e. The number of aromatic nitrogens is 5. The smallest absolute Gasteiger partial charge is 0.360 e. The first kappa shape index (κ1) is 14.6. The Balaban J connectivity index is 2.37. The summed E-state index contributed by atoms with van der Waals surface area (Å²) in [4.78, 5) is 11.8. The van der Waals surface area contributed by atoms with E-state index in [1.807, 2.05) is 25.0 Å². The van der Waals surface area contributed by atoms with Gasteiger partial charge in [0.15, 0.2) is 5.69 Å². The summed E-state index contributed by atoms with van der Waals surface area (Å²) in [5.41, 5.74) is 1.68. The van der Waals surface area contributed by atoms with Gasteiger partial charge in [0, 0.05) is 24.6 Å². The predicted molar refractivity (Wildman–Crippen MR) is 76.6 cm³/mol. The van der Waals surface area contributed by atoms with Crippen LogP contribution in [0.15, 0.2) is 12.4 Å². The van der Waals surface area contributed by atoms with Gasteiger partial charge in [-0.1, -0.05) is 12.1 Å². The van der Waals surface area contributed by atoms with Gasteiger partial charge >= 0.3 is 5.97 Å². The number of carbonyl (C=O) groups is 1. The third kappa shape index (κ3) is 3.01. The normalized spacial score (nSPS) is 10.8. The van der Waals surface area contributed by atoms with Crippen LogP contribution in [0.2, 0.25) is 0 Å². The Bertz CT molecular complexity index is 592. The lowest BCUT2D eigenvalue weighted by molar-refractivity contribution is 0.0595. The van der Waals surface area contributed by atoms with Gasteiger partial charge in [-0.25, -0.2) is 9.48 Å². The molecule has 0 saturated heterocycles. The van der Waals surface area contributed by atoms with E-state index in [4.69, 9.17) is 4.74 Å². The van der Waals surface area contributed by atoms with Gasteiger partial charge in [-0.2, -0.15) is 16.9 Å². The van der Waals surface area contributed by atoms with E-state index in [1.165, 1.54) is 7.11 Å². The van der Waals surface area contributed by atoms with E-state index in [1.54, 1.807) is 15.6 Å². The standard InChI is InChI=1S/C12H17N5O2S/c1-4-20-6-5-17-11(9-7-13-16(2)8-9)10(14-15-17)12(18)19-3/h7-8H,4-6H2,1-3H3. The topological polar surface area (TPSA) is 74.8 Å². The van der Waals surface area contributed by atoms with Gasteiger partial charge in [0.1, 0.15) is 5.69 Å². The summed E-state index contributed by atoms with van der Waals surface area (Å²) in [5.74, 6) is 1.47. The number of hydrogen-bond acceptors (Lipinski definition) is 6. The van der Waals surface area contributed by atoms with Crippen LogP contribution in [0.4, 0.5) is 0 Å². The fourth-order valence-corrected chi connectivity index (χ4v) is 2.42. The van der Waals surface area contributed by atoms with E-state index in [0.717, 1.165) is 17.1 Å². The van der Waals surface area contributed by atoms with Crippen molar-refractivity contribution in [2.24, 2.45) is 7.05 Å². The molecule has 0 saturated carbocycles. The van der Waals surface area contributed by atoms with Crippen LogP contribution in [0.25, 0.3) is 11.3 Å². The van der Waals surface area contributed by atoms with Crippen LogP contribution in [0.3, 0.4) is 0 Å². The maximum atomic E-state index is 11.8. The zero-order chi connectivity index (χ0) is 14.5. The average Bonchev–Trinajstić information content (AvgIpc) is 3.04. The number of esters is 1. The lowest BCUT2D eigenvalue weighted by atomic mass is 10.2. The van der Waals surface area contributed by atoms with Crippen LogP contribution >= 0.6 is 11.8 Å². The molecular weight excluding hydrogens is 278 g/mol. The van der Waals surface area contributed by atoms with Crippen molar-refractivity contribution in [3.8, 4) is 11.3 Å². The SMILES string of the molecule is CCSCCn1nnc(C(=O)OC)c1-c1cnn(C)c1. The van der Waals surface area contributed by atoms with Crippen LogP contribution in [-0.2, 0) is 18.3 Å². The summed E-state index contributed by atoms with van der Waals surface area (Å²) < 4.78 is 8.16. The quantitative estimate of drug-likeness (QED) is 0.589. The van der Waals surface area contributed by atoms with Gasteiger partial charge in [0.25, 0.3) is 0 Å². The van der Waals surface area contributed by atoms with Gasteiger partial charge in [-0.3, -0.25) is 4.68 Å². The predicted octanol–water partition coefficient (Wildman–Crippen LogP) is 1.22. The number of thioether (sulfide) groups is 1. The summed E-state index contributed by atoms with van der Waals surface area (Å²) in [6.45, 7) is 2.79. The van der Waals surface area contributed by atoms with E-state index in [9.17, 15) is 4.79 Å². The molecule has 0 aliphatic carbocycles. The average molecular weight is 295 g/mol. The Hall–Kier alpha value is -1.83. The minimum absolute atomic E-state index is 0.224. The first-order valence-electron chi connectivity index (χ1n) is 6.26. The molecule has 0 unspecified atom stereocenters. The third-order valence-corrected chi connectivity index (χ3v) is 3.62. The number of methoxy groups -OCH3 is 1. The lowest BCUT2D eigenvalue weighted by Crippen LogP contribution is -2.07. The van der Waals surface area contributed by atoms with Crippen molar-refractivity contribution in [1.82, 2.24) is 24.8 Å². The zero-order valence-electron chi connectivity index (χ0n) is 11.7. The summed E-state index contributed by atoms with van der Waals surface area (Å²) in [7, 11) is 3.16. The Labute approximate surface area is 121 Å². The maximum Gasteiger partial charge on any atom is 0.360 e. The summed E-state index contributed by atoms with van der Waals surface area (Å²) in [6, 6.07) is 0. The molecule has 2 aromatic heterocycles. The summed E-state index contributed by atoms with van der Waals surface area (Å²) in [6.07, 6.45) is 3.52. The van der Waals surface area contributed by atoms with Crippen LogP contribution < -0.4 is 0 Å². The molecule has 2 rings (SSSR count). The number of carbonyl (C=O) groups excluding carboxylic acids is 1. The first-order valence-corrected chi connectivity index (χ1v) is 7.41. The molecule has 108 valence electrons. The number of aryl methyl sites for hydroxylation is 2.